The molecule has 0 fully saturated rings. The van der Waals surface area contributed by atoms with Gasteiger partial charge < -0.3 is 20.5 Å². The minimum atomic E-state index is -1.07. The van der Waals surface area contributed by atoms with Gasteiger partial charge >= 0.3 is 11.9 Å². The molecule has 0 spiro atoms. The van der Waals surface area contributed by atoms with Crippen molar-refractivity contribution in [2.24, 2.45) is 0 Å². The molecule has 2 aromatic rings. The van der Waals surface area contributed by atoms with E-state index in [1.165, 1.54) is 24.3 Å². The summed E-state index contributed by atoms with van der Waals surface area (Å²) in [6.45, 7) is 0.0378. The molecule has 2 aromatic carbocycles. The molecule has 9 nitrogen and oxygen atoms in total. The summed E-state index contributed by atoms with van der Waals surface area (Å²) >= 11 is 0. The van der Waals surface area contributed by atoms with Crippen LogP contribution < -0.4 is 10.6 Å². The second-order valence-corrected chi connectivity index (χ2v) is 6.08. The molecule has 3 N–H and O–H groups in total. The first-order chi connectivity index (χ1) is 12.9. The second kappa shape index (κ2) is 6.13. The first-order valence-electron chi connectivity index (χ1n) is 7.99. The Morgan fingerprint density at radius 2 is 1.93 bits per heavy atom. The summed E-state index contributed by atoms with van der Waals surface area (Å²) in [6, 6.07) is 9.81. The number of hydrogen-bond donors (Lipinski definition) is 3. The first kappa shape index (κ1) is 16.6. The highest BCUT2D eigenvalue weighted by Crippen LogP contribution is 2.39. The lowest BCUT2D eigenvalue weighted by molar-refractivity contribution is -0.384. The van der Waals surface area contributed by atoms with Crippen molar-refractivity contribution in [2.45, 2.75) is 6.04 Å². The fraction of sp³-hybridized carbons (Fsp3) is 0.111. The van der Waals surface area contributed by atoms with Gasteiger partial charge in [0.1, 0.15) is 6.61 Å². The fourth-order valence-corrected chi connectivity index (χ4v) is 3.15. The van der Waals surface area contributed by atoms with Gasteiger partial charge in [-0.25, -0.2) is 9.59 Å². The molecule has 0 aromatic heterocycles. The molecule has 0 aliphatic carbocycles. The van der Waals surface area contributed by atoms with Crippen LogP contribution in [-0.4, -0.2) is 28.6 Å². The van der Waals surface area contributed by atoms with E-state index in [-0.39, 0.29) is 17.9 Å². The highest BCUT2D eigenvalue weighted by molar-refractivity contribution is 5.97. The number of benzene rings is 2. The van der Waals surface area contributed by atoms with E-state index >= 15 is 0 Å². The van der Waals surface area contributed by atoms with Crippen molar-refractivity contribution in [2.75, 3.05) is 17.2 Å². The summed E-state index contributed by atoms with van der Waals surface area (Å²) in [5, 5.41) is 26.4. The topological polar surface area (TPSA) is 131 Å². The lowest BCUT2D eigenvalue weighted by Crippen LogP contribution is -2.17. The normalized spacial score (nSPS) is 17.8. The predicted molar refractivity (Wildman–Crippen MR) is 94.5 cm³/mol. The maximum atomic E-state index is 12.3. The van der Waals surface area contributed by atoms with Crippen LogP contribution in [0, 0.1) is 10.1 Å². The molecule has 2 aliphatic heterocycles. The third kappa shape index (κ3) is 2.84. The number of aromatic carboxylic acids is 1. The number of nitrogens with zero attached hydrogens (tertiary/aromatic N) is 1. The summed E-state index contributed by atoms with van der Waals surface area (Å²) in [5.41, 5.74) is 2.68. The predicted octanol–water partition coefficient (Wildman–Crippen LogP) is 2.68. The molecule has 0 saturated heterocycles. The van der Waals surface area contributed by atoms with Gasteiger partial charge in [-0.3, -0.25) is 10.1 Å². The zero-order valence-corrected chi connectivity index (χ0v) is 13.8. The van der Waals surface area contributed by atoms with Crippen LogP contribution in [0.25, 0.3) is 0 Å². The number of cyclic esters (lactones) is 1. The van der Waals surface area contributed by atoms with Gasteiger partial charge in [-0.05, 0) is 35.9 Å². The molecule has 1 atom stereocenters. The van der Waals surface area contributed by atoms with Gasteiger partial charge in [0.2, 0.25) is 0 Å². The third-order valence-corrected chi connectivity index (χ3v) is 4.47. The SMILES string of the molecule is O=C1OCC2=C1C(c1ccc([N+](=O)[O-])cc1)Nc1ccc(C(=O)O)cc1N2. The Labute approximate surface area is 152 Å². The minimum absolute atomic E-state index is 0.0378. The van der Waals surface area contributed by atoms with Crippen molar-refractivity contribution >= 4 is 29.0 Å². The molecule has 0 amide bonds. The van der Waals surface area contributed by atoms with Crippen molar-refractivity contribution in [3.05, 3.63) is 75.0 Å². The molecule has 1 unspecified atom stereocenters. The maximum Gasteiger partial charge on any atom is 0.338 e. The van der Waals surface area contributed by atoms with E-state index in [9.17, 15) is 24.8 Å². The largest absolute Gasteiger partial charge is 0.478 e. The van der Waals surface area contributed by atoms with Crippen LogP contribution in [0.5, 0.6) is 0 Å². The Morgan fingerprint density at radius 1 is 1.19 bits per heavy atom. The van der Waals surface area contributed by atoms with Gasteiger partial charge in [0, 0.05) is 12.1 Å². The van der Waals surface area contributed by atoms with E-state index < -0.39 is 22.9 Å². The summed E-state index contributed by atoms with van der Waals surface area (Å²) < 4.78 is 5.12. The number of hydrogen-bond acceptors (Lipinski definition) is 7. The fourth-order valence-electron chi connectivity index (χ4n) is 3.15. The second-order valence-electron chi connectivity index (χ2n) is 6.08. The molecule has 0 radical (unpaired) electrons. The van der Waals surface area contributed by atoms with Crippen molar-refractivity contribution < 1.29 is 24.4 Å². The van der Waals surface area contributed by atoms with Crippen LogP contribution in [-0.2, 0) is 9.53 Å². The monoisotopic (exact) mass is 367 g/mol. The van der Waals surface area contributed by atoms with E-state index in [0.29, 0.717) is 28.2 Å². The van der Waals surface area contributed by atoms with Crippen LogP contribution in [0.3, 0.4) is 0 Å². The number of carbonyl (C=O) groups is 2. The Hall–Kier alpha value is -3.88. The molecular weight excluding hydrogens is 354 g/mol. The minimum Gasteiger partial charge on any atom is -0.478 e. The molecule has 136 valence electrons. The number of anilines is 2. The lowest BCUT2D eigenvalue weighted by Gasteiger charge is -2.19. The number of nitro groups is 1. The summed E-state index contributed by atoms with van der Waals surface area (Å²) in [6.07, 6.45) is 0. The van der Waals surface area contributed by atoms with E-state index in [1.54, 1.807) is 18.2 Å². The van der Waals surface area contributed by atoms with Gasteiger partial charge in [-0.1, -0.05) is 0 Å². The van der Waals surface area contributed by atoms with E-state index in [2.05, 4.69) is 10.6 Å². The quantitative estimate of drug-likeness (QED) is 0.429. The Kier molecular flexibility index (Phi) is 3.76. The number of carbonyl (C=O) groups excluding carboxylic acids is 1. The standard InChI is InChI=1S/C18H13N3O6/c22-17(23)10-3-6-12-13(7-10)19-14-8-27-18(24)15(14)16(20-12)9-1-4-11(5-2-9)21(25)26/h1-7,16,19-20H,8H2,(H,22,23). The van der Waals surface area contributed by atoms with E-state index in [0.717, 1.165) is 0 Å². The van der Waals surface area contributed by atoms with Crippen LogP contribution >= 0.6 is 0 Å². The number of rotatable bonds is 3. The highest BCUT2D eigenvalue weighted by atomic mass is 16.6. The average molecular weight is 367 g/mol. The van der Waals surface area contributed by atoms with Gasteiger partial charge in [0.25, 0.3) is 5.69 Å². The number of non-ortho nitro benzene ring substituents is 1. The van der Waals surface area contributed by atoms with Crippen molar-refractivity contribution in [1.82, 2.24) is 0 Å². The first-order valence-corrected chi connectivity index (χ1v) is 7.99. The van der Waals surface area contributed by atoms with Gasteiger partial charge in [-0.2, -0.15) is 0 Å². The number of carboxylic acids is 1. The number of carboxylic acid groups (broad SMARTS) is 1. The van der Waals surface area contributed by atoms with E-state index in [1.807, 2.05) is 0 Å². The molecular formula is C18H13N3O6. The third-order valence-electron chi connectivity index (χ3n) is 4.47. The number of nitrogens with one attached hydrogen (secondary N) is 2. The summed E-state index contributed by atoms with van der Waals surface area (Å²) in [4.78, 5) is 33.9. The zero-order chi connectivity index (χ0) is 19.1. The summed E-state index contributed by atoms with van der Waals surface area (Å²) in [7, 11) is 0. The van der Waals surface area contributed by atoms with Crippen molar-refractivity contribution in [1.29, 1.82) is 0 Å². The maximum absolute atomic E-state index is 12.3. The number of ether oxygens (including phenoxy) is 1. The molecule has 0 bridgehead atoms. The van der Waals surface area contributed by atoms with Gasteiger partial charge in [-0.15, -0.1) is 0 Å². The highest BCUT2D eigenvalue weighted by Gasteiger charge is 2.35. The van der Waals surface area contributed by atoms with Gasteiger partial charge in [0.15, 0.2) is 0 Å². The average Bonchev–Trinajstić information content (AvgIpc) is 2.92. The smallest absolute Gasteiger partial charge is 0.338 e. The van der Waals surface area contributed by atoms with Crippen LogP contribution in [0.15, 0.2) is 53.7 Å². The van der Waals surface area contributed by atoms with E-state index in [4.69, 9.17) is 4.74 Å². The molecule has 2 heterocycles. The molecule has 27 heavy (non-hydrogen) atoms. The van der Waals surface area contributed by atoms with Gasteiger partial charge in [0.05, 0.1) is 39.2 Å². The van der Waals surface area contributed by atoms with Crippen LogP contribution in [0.2, 0.25) is 0 Å². The number of nitro benzene ring substituents is 1. The molecule has 9 heteroatoms. The Morgan fingerprint density at radius 3 is 2.59 bits per heavy atom. The lowest BCUT2D eigenvalue weighted by atomic mass is 9.97. The number of fused-ring (bicyclic) bond motifs is 1. The molecule has 4 rings (SSSR count). The molecule has 0 saturated carbocycles. The summed E-state index contributed by atoms with van der Waals surface area (Å²) in [5.74, 6) is -1.57. The molecule has 2 aliphatic rings. The van der Waals surface area contributed by atoms with Crippen molar-refractivity contribution in [3.63, 3.8) is 0 Å². The Bertz CT molecular complexity index is 1010. The van der Waals surface area contributed by atoms with Crippen molar-refractivity contribution in [3.8, 4) is 0 Å². The number of esters is 1. The Balaban J connectivity index is 1.80. The van der Waals surface area contributed by atoms with Crippen LogP contribution in [0.1, 0.15) is 22.0 Å². The zero-order valence-electron chi connectivity index (χ0n) is 13.8. The van der Waals surface area contributed by atoms with Crippen LogP contribution in [0.4, 0.5) is 17.1 Å².